The van der Waals surface area contributed by atoms with E-state index in [1.54, 1.807) is 10.9 Å². The molecule has 0 aliphatic rings. The van der Waals surface area contributed by atoms with E-state index in [1.165, 1.54) is 0 Å². The van der Waals surface area contributed by atoms with Gasteiger partial charge in [-0.15, -0.1) is 12.3 Å². The molecule has 0 spiro atoms. The zero-order valence-electron chi connectivity index (χ0n) is 7.91. The van der Waals surface area contributed by atoms with Crippen molar-refractivity contribution in [2.45, 2.75) is 19.4 Å². The molecule has 0 aromatic carbocycles. The van der Waals surface area contributed by atoms with Gasteiger partial charge < -0.3 is 0 Å². The second kappa shape index (κ2) is 4.08. The number of nitrogens with one attached hydrogen (secondary N) is 1. The molecule has 13 heavy (non-hydrogen) atoms. The third-order valence-corrected chi connectivity index (χ3v) is 2.17. The summed E-state index contributed by atoms with van der Waals surface area (Å²) in [6, 6.07) is -0.00120. The van der Waals surface area contributed by atoms with Gasteiger partial charge in [0.05, 0.1) is 12.2 Å². The molecule has 4 heteroatoms. The summed E-state index contributed by atoms with van der Waals surface area (Å²) in [5.41, 5.74) is 4.82. The van der Waals surface area contributed by atoms with Crippen LogP contribution in [0.15, 0.2) is 6.20 Å². The molecule has 1 heterocycles. The van der Waals surface area contributed by atoms with Crippen LogP contribution in [0, 0.1) is 19.3 Å². The lowest BCUT2D eigenvalue weighted by molar-refractivity contribution is 0.563. The highest BCUT2D eigenvalue weighted by atomic mass is 15.3. The Morgan fingerprint density at radius 3 is 2.92 bits per heavy atom. The molecule has 0 amide bonds. The predicted molar refractivity (Wildman–Crippen MR) is 51.5 cm³/mol. The maximum Gasteiger partial charge on any atom is 0.0602 e. The van der Waals surface area contributed by atoms with Gasteiger partial charge in [-0.1, -0.05) is 0 Å². The van der Waals surface area contributed by atoms with Crippen molar-refractivity contribution in [1.82, 2.24) is 15.2 Å². The van der Waals surface area contributed by atoms with E-state index >= 15 is 0 Å². The quantitative estimate of drug-likeness (QED) is 0.396. The van der Waals surface area contributed by atoms with E-state index < -0.39 is 0 Å². The van der Waals surface area contributed by atoms with Crippen LogP contribution >= 0.6 is 0 Å². The van der Waals surface area contributed by atoms with Crippen LogP contribution in [0.1, 0.15) is 23.7 Å². The Kier molecular flexibility index (Phi) is 3.07. The molecule has 1 rings (SSSR count). The van der Waals surface area contributed by atoms with Gasteiger partial charge in [0.25, 0.3) is 0 Å². The number of hydrogen-bond acceptors (Lipinski definition) is 3. The van der Waals surface area contributed by atoms with Gasteiger partial charge in [-0.25, -0.2) is 0 Å². The molecule has 0 saturated heterocycles. The van der Waals surface area contributed by atoms with Gasteiger partial charge in [0.15, 0.2) is 0 Å². The summed E-state index contributed by atoms with van der Waals surface area (Å²) >= 11 is 0. The van der Waals surface area contributed by atoms with Crippen LogP contribution in [-0.4, -0.2) is 9.78 Å². The second-order valence-electron chi connectivity index (χ2n) is 2.94. The first kappa shape index (κ1) is 9.78. The molecule has 0 bridgehead atoms. The van der Waals surface area contributed by atoms with E-state index in [0.717, 1.165) is 11.3 Å². The normalized spacial score (nSPS) is 12.5. The zero-order valence-corrected chi connectivity index (χ0v) is 7.91. The van der Waals surface area contributed by atoms with E-state index in [9.17, 15) is 0 Å². The minimum absolute atomic E-state index is 0.00120. The Balaban J connectivity index is 2.92. The topological polar surface area (TPSA) is 55.9 Å². The molecule has 1 unspecified atom stereocenters. The Labute approximate surface area is 78.1 Å². The fourth-order valence-electron chi connectivity index (χ4n) is 1.23. The van der Waals surface area contributed by atoms with Gasteiger partial charge in [0, 0.05) is 24.7 Å². The molecule has 0 fully saturated rings. The van der Waals surface area contributed by atoms with Crippen molar-refractivity contribution >= 4 is 0 Å². The molecule has 1 atom stereocenters. The Morgan fingerprint density at radius 2 is 2.54 bits per heavy atom. The number of hydrazine groups is 1. The van der Waals surface area contributed by atoms with Gasteiger partial charge >= 0.3 is 0 Å². The first-order chi connectivity index (χ1) is 6.20. The molecule has 0 aliphatic carbocycles. The summed E-state index contributed by atoms with van der Waals surface area (Å²) < 4.78 is 1.80. The highest BCUT2D eigenvalue weighted by Crippen LogP contribution is 2.18. The van der Waals surface area contributed by atoms with Crippen LogP contribution in [0.5, 0.6) is 0 Å². The fraction of sp³-hybridized carbons (Fsp3) is 0.444. The average Bonchev–Trinajstić information content (AvgIpc) is 2.45. The number of aryl methyl sites for hydroxylation is 1. The summed E-state index contributed by atoms with van der Waals surface area (Å²) in [5.74, 6) is 7.96. The van der Waals surface area contributed by atoms with Gasteiger partial charge in [0.1, 0.15) is 0 Å². The summed E-state index contributed by atoms with van der Waals surface area (Å²) in [5, 5.41) is 4.12. The van der Waals surface area contributed by atoms with Crippen LogP contribution in [-0.2, 0) is 7.05 Å². The molecule has 70 valence electrons. The number of rotatable bonds is 3. The summed E-state index contributed by atoms with van der Waals surface area (Å²) in [6.07, 6.45) is 7.59. The van der Waals surface area contributed by atoms with E-state index in [-0.39, 0.29) is 6.04 Å². The molecule has 3 N–H and O–H groups in total. The van der Waals surface area contributed by atoms with Crippen molar-refractivity contribution < 1.29 is 0 Å². The maximum absolute atomic E-state index is 5.39. The van der Waals surface area contributed by atoms with Crippen LogP contribution in [0.25, 0.3) is 0 Å². The molecule has 1 aromatic rings. The predicted octanol–water partition coefficient (Wildman–Crippen LogP) is 0.256. The lowest BCUT2D eigenvalue weighted by Crippen LogP contribution is -2.28. The van der Waals surface area contributed by atoms with E-state index in [0.29, 0.717) is 6.42 Å². The van der Waals surface area contributed by atoms with Crippen molar-refractivity contribution in [3.63, 3.8) is 0 Å². The molecule has 0 aliphatic heterocycles. The average molecular weight is 178 g/mol. The van der Waals surface area contributed by atoms with Gasteiger partial charge in [-0.05, 0) is 6.92 Å². The fourth-order valence-corrected chi connectivity index (χ4v) is 1.23. The Hall–Kier alpha value is -1.31. The van der Waals surface area contributed by atoms with Crippen molar-refractivity contribution in [2.75, 3.05) is 0 Å². The highest BCUT2D eigenvalue weighted by Gasteiger charge is 2.13. The Morgan fingerprint density at radius 1 is 1.85 bits per heavy atom. The van der Waals surface area contributed by atoms with Crippen LogP contribution in [0.2, 0.25) is 0 Å². The van der Waals surface area contributed by atoms with Crippen molar-refractivity contribution in [2.24, 2.45) is 12.9 Å². The van der Waals surface area contributed by atoms with Crippen LogP contribution in [0.3, 0.4) is 0 Å². The standard InChI is InChI=1S/C9H14N4/c1-4-5-9(12-10)8-6-11-13(3)7(8)2/h1,6,9,12H,5,10H2,2-3H3. The third kappa shape index (κ3) is 1.89. The van der Waals surface area contributed by atoms with Gasteiger partial charge in [-0.3, -0.25) is 16.0 Å². The summed E-state index contributed by atoms with van der Waals surface area (Å²) in [4.78, 5) is 0. The molecular weight excluding hydrogens is 164 g/mol. The van der Waals surface area contributed by atoms with E-state index in [1.807, 2.05) is 14.0 Å². The first-order valence-corrected chi connectivity index (χ1v) is 4.08. The summed E-state index contributed by atoms with van der Waals surface area (Å²) in [7, 11) is 1.89. The van der Waals surface area contributed by atoms with E-state index in [2.05, 4.69) is 16.4 Å². The smallest absolute Gasteiger partial charge is 0.0602 e. The minimum atomic E-state index is -0.00120. The van der Waals surface area contributed by atoms with Crippen molar-refractivity contribution in [1.29, 1.82) is 0 Å². The summed E-state index contributed by atoms with van der Waals surface area (Å²) in [6.45, 7) is 1.99. The van der Waals surface area contributed by atoms with Crippen LogP contribution in [0.4, 0.5) is 0 Å². The van der Waals surface area contributed by atoms with Crippen LogP contribution < -0.4 is 11.3 Å². The van der Waals surface area contributed by atoms with Gasteiger partial charge in [0.2, 0.25) is 0 Å². The third-order valence-electron chi connectivity index (χ3n) is 2.17. The molecule has 0 saturated carbocycles. The molecule has 4 nitrogen and oxygen atoms in total. The maximum atomic E-state index is 5.39. The first-order valence-electron chi connectivity index (χ1n) is 4.08. The zero-order chi connectivity index (χ0) is 9.84. The molecule has 1 aromatic heterocycles. The largest absolute Gasteiger partial charge is 0.273 e. The van der Waals surface area contributed by atoms with Crippen molar-refractivity contribution in [3.05, 3.63) is 17.5 Å². The highest BCUT2D eigenvalue weighted by molar-refractivity contribution is 5.21. The lowest BCUT2D eigenvalue weighted by Gasteiger charge is -2.11. The monoisotopic (exact) mass is 178 g/mol. The Bertz CT molecular complexity index is 321. The number of hydrogen-bond donors (Lipinski definition) is 2. The SMILES string of the molecule is C#CCC(NN)c1cnn(C)c1C. The molecule has 0 radical (unpaired) electrons. The number of nitrogens with two attached hydrogens (primary N) is 1. The number of nitrogens with zero attached hydrogens (tertiary/aromatic N) is 2. The molecular formula is C9H14N4. The number of aromatic nitrogens is 2. The van der Waals surface area contributed by atoms with Crippen molar-refractivity contribution in [3.8, 4) is 12.3 Å². The number of terminal acetylenes is 1. The second-order valence-corrected chi connectivity index (χ2v) is 2.94. The van der Waals surface area contributed by atoms with Gasteiger partial charge in [-0.2, -0.15) is 5.10 Å². The minimum Gasteiger partial charge on any atom is -0.273 e. The van der Waals surface area contributed by atoms with E-state index in [4.69, 9.17) is 12.3 Å². The lowest BCUT2D eigenvalue weighted by atomic mass is 10.1.